The SMILES string of the molecule is C=C=C=C=C=C(F)[C@@H]1CCN([C@@H](C)c2ccccc2)C(=O)[C@H]1C(=O)OC. The molecule has 134 valence electrons. The second-order valence-corrected chi connectivity index (χ2v) is 5.91. The highest BCUT2D eigenvalue weighted by atomic mass is 19.1. The minimum absolute atomic E-state index is 0.233. The maximum atomic E-state index is 14.5. The number of piperidine rings is 1. The van der Waals surface area contributed by atoms with Crippen molar-refractivity contribution in [2.24, 2.45) is 11.8 Å². The Bertz CT molecular complexity index is 837. The van der Waals surface area contributed by atoms with E-state index >= 15 is 0 Å². The normalized spacial score (nSPS) is 20.1. The predicted octanol–water partition coefficient (Wildman–Crippen LogP) is 3.49. The van der Waals surface area contributed by atoms with Gasteiger partial charge in [-0.2, -0.15) is 0 Å². The molecule has 1 aromatic carbocycles. The van der Waals surface area contributed by atoms with Gasteiger partial charge in [0.1, 0.15) is 5.92 Å². The summed E-state index contributed by atoms with van der Waals surface area (Å²) in [6, 6.07) is 9.24. The highest BCUT2D eigenvalue weighted by Crippen LogP contribution is 2.35. The quantitative estimate of drug-likeness (QED) is 0.473. The summed E-state index contributed by atoms with van der Waals surface area (Å²) in [7, 11) is 1.18. The molecule has 1 amide bonds. The molecule has 0 N–H and O–H groups in total. The number of hydrogen-bond donors (Lipinski definition) is 0. The van der Waals surface area contributed by atoms with Crippen molar-refractivity contribution in [2.45, 2.75) is 19.4 Å². The summed E-state index contributed by atoms with van der Waals surface area (Å²) >= 11 is 0. The maximum absolute atomic E-state index is 14.5. The van der Waals surface area contributed by atoms with Gasteiger partial charge in [-0.15, -0.1) is 0 Å². The fourth-order valence-electron chi connectivity index (χ4n) is 3.09. The smallest absolute Gasteiger partial charge is 0.318 e. The first-order valence-corrected chi connectivity index (χ1v) is 8.25. The largest absolute Gasteiger partial charge is 0.468 e. The number of methoxy groups -OCH3 is 1. The van der Waals surface area contributed by atoms with Gasteiger partial charge in [0.15, 0.2) is 5.83 Å². The Hall–Kier alpha value is -3.05. The number of carbonyl (C=O) groups excluding carboxylic acids is 2. The van der Waals surface area contributed by atoms with Crippen LogP contribution >= 0.6 is 0 Å². The van der Waals surface area contributed by atoms with Gasteiger partial charge < -0.3 is 9.64 Å². The number of nitrogens with zero attached hydrogens (tertiary/aromatic N) is 1. The van der Waals surface area contributed by atoms with Crippen LogP contribution in [0, 0.1) is 11.8 Å². The van der Waals surface area contributed by atoms with Crippen molar-refractivity contribution in [2.75, 3.05) is 13.7 Å². The lowest BCUT2D eigenvalue weighted by atomic mass is 9.83. The minimum atomic E-state index is -1.25. The fraction of sp³-hybridized carbons (Fsp3) is 0.333. The van der Waals surface area contributed by atoms with Gasteiger partial charge >= 0.3 is 5.97 Å². The summed E-state index contributed by atoms with van der Waals surface area (Å²) in [6.45, 7) is 5.49. The Balaban J connectivity index is 2.38. The zero-order chi connectivity index (χ0) is 19.1. The second-order valence-electron chi connectivity index (χ2n) is 5.91. The van der Waals surface area contributed by atoms with Gasteiger partial charge in [0, 0.05) is 12.5 Å². The molecule has 5 heteroatoms. The second kappa shape index (κ2) is 8.87. The molecule has 1 fully saturated rings. The minimum Gasteiger partial charge on any atom is -0.468 e. The molecular weight excluding hydrogens is 333 g/mol. The van der Waals surface area contributed by atoms with E-state index in [-0.39, 0.29) is 12.5 Å². The zero-order valence-electron chi connectivity index (χ0n) is 14.8. The molecule has 0 bridgehead atoms. The van der Waals surface area contributed by atoms with Crippen LogP contribution in [0.1, 0.15) is 24.9 Å². The summed E-state index contributed by atoms with van der Waals surface area (Å²) in [5, 5.41) is 0. The predicted molar refractivity (Wildman–Crippen MR) is 94.5 cm³/mol. The van der Waals surface area contributed by atoms with Crippen molar-refractivity contribution >= 4 is 11.9 Å². The number of likely N-dealkylation sites (tertiary alicyclic amines) is 1. The van der Waals surface area contributed by atoms with Crippen LogP contribution in [0.3, 0.4) is 0 Å². The average molecular weight is 353 g/mol. The van der Waals surface area contributed by atoms with Crippen molar-refractivity contribution < 1.29 is 18.7 Å². The molecule has 0 unspecified atom stereocenters. The lowest BCUT2D eigenvalue weighted by Gasteiger charge is -2.39. The van der Waals surface area contributed by atoms with Gasteiger partial charge in [-0.05, 0) is 42.7 Å². The zero-order valence-corrected chi connectivity index (χ0v) is 14.8. The van der Waals surface area contributed by atoms with E-state index in [1.165, 1.54) is 7.11 Å². The Morgan fingerprint density at radius 1 is 1.35 bits per heavy atom. The molecule has 1 heterocycles. The highest BCUT2D eigenvalue weighted by molar-refractivity contribution is 5.99. The Labute approximate surface area is 152 Å². The molecule has 26 heavy (non-hydrogen) atoms. The first-order chi connectivity index (χ1) is 12.5. The van der Waals surface area contributed by atoms with Gasteiger partial charge in [-0.3, -0.25) is 9.59 Å². The molecule has 3 atom stereocenters. The van der Waals surface area contributed by atoms with E-state index in [9.17, 15) is 14.0 Å². The van der Waals surface area contributed by atoms with Crippen LogP contribution in [0.2, 0.25) is 0 Å². The molecule has 0 aromatic heterocycles. The van der Waals surface area contributed by atoms with E-state index in [1.807, 2.05) is 37.3 Å². The monoisotopic (exact) mass is 353 g/mol. The third kappa shape index (κ3) is 4.13. The standard InChI is InChI=1S/C21H20FNO3/c1-4-5-7-12-18(22)17-13-14-23(20(24)19(17)21(25)26-3)15(2)16-10-8-6-9-11-16/h6,8-11,15,17,19H,1,13-14H2,2-3H3/t15-,17-,19-/m0/s1. The van der Waals surface area contributed by atoms with Crippen LogP contribution in [-0.2, 0) is 14.3 Å². The van der Waals surface area contributed by atoms with Gasteiger partial charge in [0.05, 0.1) is 13.2 Å². The summed E-state index contributed by atoms with van der Waals surface area (Å²) in [5.74, 6) is -4.13. The van der Waals surface area contributed by atoms with Gasteiger partial charge in [-0.25, -0.2) is 4.39 Å². The molecule has 1 aromatic rings. The molecule has 0 saturated carbocycles. The van der Waals surface area contributed by atoms with Crippen molar-refractivity contribution in [3.05, 3.63) is 71.2 Å². The first kappa shape index (κ1) is 19.3. The molecular formula is C21H20FNO3. The summed E-state index contributed by atoms with van der Waals surface area (Å²) in [6.07, 6.45) is 0.279. The number of carbonyl (C=O) groups is 2. The third-order valence-corrected chi connectivity index (χ3v) is 4.50. The third-order valence-electron chi connectivity index (χ3n) is 4.50. The molecule has 1 saturated heterocycles. The van der Waals surface area contributed by atoms with Crippen molar-refractivity contribution in [3.63, 3.8) is 0 Å². The van der Waals surface area contributed by atoms with Crippen LogP contribution < -0.4 is 0 Å². The molecule has 2 rings (SSSR count). The van der Waals surface area contributed by atoms with E-state index in [1.54, 1.807) is 4.90 Å². The fourth-order valence-corrected chi connectivity index (χ4v) is 3.09. The molecule has 0 radical (unpaired) electrons. The number of halogens is 1. The average Bonchev–Trinajstić information content (AvgIpc) is 2.67. The molecule has 1 aliphatic heterocycles. The van der Waals surface area contributed by atoms with E-state index in [0.29, 0.717) is 6.54 Å². The van der Waals surface area contributed by atoms with Gasteiger partial charge in [0.25, 0.3) is 0 Å². The number of ether oxygens (including phenoxy) is 1. The van der Waals surface area contributed by atoms with E-state index < -0.39 is 29.5 Å². The van der Waals surface area contributed by atoms with Gasteiger partial charge in [-0.1, -0.05) is 36.1 Å². The Morgan fingerprint density at radius 2 is 2.04 bits per heavy atom. The summed E-state index contributed by atoms with van der Waals surface area (Å²) in [5.41, 5.74) is 10.2. The maximum Gasteiger partial charge on any atom is 0.318 e. The molecule has 0 spiro atoms. The van der Waals surface area contributed by atoms with Gasteiger partial charge in [0.2, 0.25) is 5.91 Å². The number of esters is 1. The first-order valence-electron chi connectivity index (χ1n) is 8.25. The van der Waals surface area contributed by atoms with Crippen molar-refractivity contribution in [1.29, 1.82) is 0 Å². The number of hydrogen-bond acceptors (Lipinski definition) is 3. The van der Waals surface area contributed by atoms with E-state index in [4.69, 9.17) is 4.74 Å². The van der Waals surface area contributed by atoms with E-state index in [2.05, 4.69) is 29.5 Å². The van der Waals surface area contributed by atoms with Crippen molar-refractivity contribution in [3.8, 4) is 0 Å². The lowest BCUT2D eigenvalue weighted by Crippen LogP contribution is -2.50. The van der Waals surface area contributed by atoms with Crippen LogP contribution in [0.25, 0.3) is 0 Å². The number of allylic oxidation sites excluding steroid dienone is 1. The topological polar surface area (TPSA) is 46.6 Å². The lowest BCUT2D eigenvalue weighted by molar-refractivity contribution is -0.160. The number of rotatable bonds is 4. The molecule has 0 aliphatic carbocycles. The summed E-state index contributed by atoms with van der Waals surface area (Å²) in [4.78, 5) is 26.7. The number of benzene rings is 1. The summed E-state index contributed by atoms with van der Waals surface area (Å²) < 4.78 is 19.2. The van der Waals surface area contributed by atoms with Crippen LogP contribution in [0.4, 0.5) is 4.39 Å². The highest BCUT2D eigenvalue weighted by Gasteiger charge is 2.45. The Morgan fingerprint density at radius 3 is 2.65 bits per heavy atom. The molecule has 4 nitrogen and oxygen atoms in total. The molecule has 1 aliphatic rings. The Kier molecular flexibility index (Phi) is 6.58. The van der Waals surface area contributed by atoms with Crippen LogP contribution in [0.5, 0.6) is 0 Å². The van der Waals surface area contributed by atoms with Crippen molar-refractivity contribution in [1.82, 2.24) is 4.90 Å². The number of amides is 1. The van der Waals surface area contributed by atoms with Crippen LogP contribution in [0.15, 0.2) is 65.7 Å². The van der Waals surface area contributed by atoms with E-state index in [0.717, 1.165) is 5.56 Å². The van der Waals surface area contributed by atoms with Crippen LogP contribution in [-0.4, -0.2) is 30.4 Å².